The third-order valence-corrected chi connectivity index (χ3v) is 9.96. The molecule has 48 heavy (non-hydrogen) atoms. The summed E-state index contributed by atoms with van der Waals surface area (Å²) in [6.07, 6.45) is 7.59. The number of carbonyl (C=O) groups is 4. The van der Waals surface area contributed by atoms with E-state index in [9.17, 15) is 24.3 Å². The monoisotopic (exact) mass is 638 g/mol. The second-order valence-electron chi connectivity index (χ2n) is 12.6. The number of aromatic nitrogens is 1. The lowest BCUT2D eigenvalue weighted by atomic mass is 9.60. The van der Waals surface area contributed by atoms with Gasteiger partial charge in [0.1, 0.15) is 5.52 Å². The highest BCUT2D eigenvalue weighted by Gasteiger charge is 2.56. The second kappa shape index (κ2) is 11.2. The molecule has 0 spiro atoms. The maximum Gasteiger partial charge on any atom is 0.238 e. The van der Waals surface area contributed by atoms with Gasteiger partial charge in [-0.15, -0.1) is 0 Å². The molecule has 2 heterocycles. The quantitative estimate of drug-likeness (QED) is 0.151. The first-order valence-electron chi connectivity index (χ1n) is 15.8. The van der Waals surface area contributed by atoms with Gasteiger partial charge in [0, 0.05) is 28.2 Å². The van der Waals surface area contributed by atoms with Crippen molar-refractivity contribution in [3.8, 4) is 23.0 Å². The van der Waals surface area contributed by atoms with Crippen LogP contribution in [0, 0.1) is 23.7 Å². The molecule has 8 rings (SSSR count). The minimum absolute atomic E-state index is 0.00187. The van der Waals surface area contributed by atoms with E-state index in [1.807, 2.05) is 42.5 Å². The molecule has 238 valence electrons. The van der Waals surface area contributed by atoms with Crippen molar-refractivity contribution in [2.75, 3.05) is 12.0 Å². The average Bonchev–Trinajstić information content (AvgIpc) is 3.64. The van der Waals surface area contributed by atoms with Crippen LogP contribution in [0.2, 0.25) is 0 Å². The number of allylic oxidation sites excluding steroid dienone is 7. The smallest absolute Gasteiger partial charge is 0.238 e. The van der Waals surface area contributed by atoms with Crippen molar-refractivity contribution in [1.82, 2.24) is 4.98 Å². The van der Waals surface area contributed by atoms with Gasteiger partial charge in [-0.25, -0.2) is 4.98 Å². The number of para-hydroxylation sites is 2. The summed E-state index contributed by atoms with van der Waals surface area (Å²) >= 11 is 0. The first-order valence-corrected chi connectivity index (χ1v) is 15.8. The first-order chi connectivity index (χ1) is 23.2. The lowest BCUT2D eigenvalue weighted by Gasteiger charge is -2.41. The highest BCUT2D eigenvalue weighted by Crippen LogP contribution is 2.53. The summed E-state index contributed by atoms with van der Waals surface area (Å²) in [7, 11) is 1.46. The maximum atomic E-state index is 14.2. The van der Waals surface area contributed by atoms with E-state index in [0.29, 0.717) is 51.6 Å². The molecule has 1 fully saturated rings. The van der Waals surface area contributed by atoms with Gasteiger partial charge in [0.05, 0.1) is 24.6 Å². The normalized spacial score (nSPS) is 23.8. The van der Waals surface area contributed by atoms with Crippen LogP contribution >= 0.6 is 0 Å². The van der Waals surface area contributed by atoms with Crippen molar-refractivity contribution in [1.29, 1.82) is 0 Å². The Balaban J connectivity index is 1.13. The van der Waals surface area contributed by atoms with E-state index in [1.54, 1.807) is 43.3 Å². The van der Waals surface area contributed by atoms with E-state index in [2.05, 4.69) is 4.98 Å². The summed E-state index contributed by atoms with van der Waals surface area (Å²) in [5, 5.41) is 10.1. The van der Waals surface area contributed by atoms with Crippen LogP contribution in [0.1, 0.15) is 25.3 Å². The Morgan fingerprint density at radius 3 is 2.54 bits per heavy atom. The molecule has 2 amide bonds. The molecule has 4 unspecified atom stereocenters. The highest BCUT2D eigenvalue weighted by atomic mass is 16.5. The Kier molecular flexibility index (Phi) is 6.87. The van der Waals surface area contributed by atoms with E-state index in [1.165, 1.54) is 24.2 Å². The number of phenols is 1. The van der Waals surface area contributed by atoms with Crippen molar-refractivity contribution in [3.05, 3.63) is 113 Å². The largest absolute Gasteiger partial charge is 0.504 e. The molecule has 9 nitrogen and oxygen atoms in total. The van der Waals surface area contributed by atoms with Crippen LogP contribution in [0.5, 0.6) is 11.5 Å². The molecule has 3 aromatic carbocycles. The summed E-state index contributed by atoms with van der Waals surface area (Å²) < 4.78 is 11.1. The van der Waals surface area contributed by atoms with Gasteiger partial charge in [-0.05, 0) is 85.9 Å². The number of phenolic OH excluding ortho intramolecular Hbond substituents is 1. The number of oxazole rings is 1. The van der Waals surface area contributed by atoms with Gasteiger partial charge in [-0.2, -0.15) is 0 Å². The summed E-state index contributed by atoms with van der Waals surface area (Å²) in [6, 6.07) is 19.4. The van der Waals surface area contributed by atoms with E-state index in [0.717, 1.165) is 16.7 Å². The molecule has 1 aromatic heterocycles. The number of hydrogen-bond donors (Lipinski definition) is 1. The van der Waals surface area contributed by atoms with Gasteiger partial charge in [-0.1, -0.05) is 42.0 Å². The van der Waals surface area contributed by atoms with Crippen LogP contribution in [0.25, 0.3) is 28.6 Å². The molecule has 4 atom stereocenters. The van der Waals surface area contributed by atoms with E-state index in [4.69, 9.17) is 9.15 Å². The number of amides is 2. The highest BCUT2D eigenvalue weighted by molar-refractivity contribution is 6.24. The lowest BCUT2D eigenvalue weighted by Crippen LogP contribution is -2.40. The zero-order valence-electron chi connectivity index (χ0n) is 26.2. The number of fused-ring (bicyclic) bond motifs is 4. The molecule has 1 N–H and O–H groups in total. The van der Waals surface area contributed by atoms with Crippen molar-refractivity contribution >= 4 is 46.2 Å². The standard InChI is InChI=1S/C39H30N2O7/c1-20-17-31(43)28-19-27-24(25(34(28)36(20)44)13-7-21-8-16-30(42)33(18-21)47-2)14-15-26-35(27)39(46)41(38(26)45)23-11-9-22(10-12-23)37-40-29-5-3-4-6-32(29)48-37/h3-14,16-18,25-27,35,42H,15,19H2,1-2H3. The Morgan fingerprint density at radius 1 is 0.979 bits per heavy atom. The zero-order chi connectivity index (χ0) is 33.3. The molecule has 3 aliphatic carbocycles. The van der Waals surface area contributed by atoms with Gasteiger partial charge >= 0.3 is 0 Å². The molecular weight excluding hydrogens is 608 g/mol. The van der Waals surface area contributed by atoms with Gasteiger partial charge < -0.3 is 14.3 Å². The average molecular weight is 639 g/mol. The Bertz CT molecular complexity index is 2170. The summed E-state index contributed by atoms with van der Waals surface area (Å²) in [6.45, 7) is 1.64. The Labute approximate surface area is 275 Å². The number of aromatic hydroxyl groups is 1. The van der Waals surface area contributed by atoms with Crippen molar-refractivity contribution < 1.29 is 33.4 Å². The number of carbonyl (C=O) groups excluding carboxylic acids is 4. The Hall–Kier alpha value is -5.83. The summed E-state index contributed by atoms with van der Waals surface area (Å²) in [5.41, 5.74) is 5.35. The minimum Gasteiger partial charge on any atom is -0.504 e. The van der Waals surface area contributed by atoms with Crippen LogP contribution in [0.3, 0.4) is 0 Å². The number of rotatable bonds is 5. The molecule has 1 aliphatic heterocycles. The van der Waals surface area contributed by atoms with Gasteiger partial charge in [-0.3, -0.25) is 24.1 Å². The van der Waals surface area contributed by atoms with E-state index >= 15 is 0 Å². The number of hydrogen-bond acceptors (Lipinski definition) is 8. The number of ketones is 2. The van der Waals surface area contributed by atoms with Crippen LogP contribution < -0.4 is 9.64 Å². The lowest BCUT2D eigenvalue weighted by molar-refractivity contribution is -0.123. The molecule has 0 bridgehead atoms. The van der Waals surface area contributed by atoms with E-state index in [-0.39, 0.29) is 35.6 Å². The molecule has 9 heteroatoms. The van der Waals surface area contributed by atoms with Crippen LogP contribution in [-0.2, 0) is 19.2 Å². The molecule has 1 saturated heterocycles. The molecule has 0 radical (unpaired) electrons. The number of benzene rings is 3. The zero-order valence-corrected chi connectivity index (χ0v) is 26.2. The van der Waals surface area contributed by atoms with Gasteiger partial charge in [0.2, 0.25) is 17.7 Å². The SMILES string of the molecule is COc1cc(C=CC2C3=CCC4C(=O)N(c5ccc(-c6nc7ccccc7o6)cc5)C(=O)C4C3CC3=C2C(=O)C(C)=CC3=O)ccc1O. The topological polar surface area (TPSA) is 127 Å². The predicted molar refractivity (Wildman–Crippen MR) is 178 cm³/mol. The Morgan fingerprint density at radius 2 is 1.77 bits per heavy atom. The predicted octanol–water partition coefficient (Wildman–Crippen LogP) is 6.39. The second-order valence-corrected chi connectivity index (χ2v) is 12.6. The number of nitrogens with zero attached hydrogens (tertiary/aromatic N) is 2. The van der Waals surface area contributed by atoms with Gasteiger partial charge in [0.25, 0.3) is 0 Å². The van der Waals surface area contributed by atoms with Crippen LogP contribution in [-0.4, -0.2) is 40.6 Å². The number of imide groups is 1. The van der Waals surface area contributed by atoms with Crippen LogP contribution in [0.4, 0.5) is 5.69 Å². The number of ether oxygens (including phenoxy) is 1. The minimum atomic E-state index is -0.678. The van der Waals surface area contributed by atoms with Crippen molar-refractivity contribution in [2.45, 2.75) is 19.8 Å². The summed E-state index contributed by atoms with van der Waals surface area (Å²) in [5.74, 6) is -2.54. The van der Waals surface area contributed by atoms with Crippen LogP contribution in [0.15, 0.2) is 112 Å². The van der Waals surface area contributed by atoms with E-state index < -0.39 is 23.7 Å². The fourth-order valence-electron chi connectivity index (χ4n) is 7.65. The molecule has 0 saturated carbocycles. The van der Waals surface area contributed by atoms with Crippen molar-refractivity contribution in [3.63, 3.8) is 0 Å². The third-order valence-electron chi connectivity index (χ3n) is 9.96. The molecular formula is C39H30N2O7. The maximum absolute atomic E-state index is 14.2. The fraction of sp³-hybridized carbons (Fsp3) is 0.205. The number of Topliss-reactive ketones (excluding diaryl/α,β-unsaturated/α-hetero) is 1. The molecule has 4 aromatic rings. The number of methoxy groups -OCH3 is 1. The first kappa shape index (κ1) is 29.6. The van der Waals surface area contributed by atoms with Crippen molar-refractivity contribution in [2.24, 2.45) is 23.7 Å². The molecule has 4 aliphatic rings. The summed E-state index contributed by atoms with van der Waals surface area (Å²) in [4.78, 5) is 60.9. The van der Waals surface area contributed by atoms with Gasteiger partial charge in [0.15, 0.2) is 28.6 Å². The fourth-order valence-corrected chi connectivity index (χ4v) is 7.65. The number of anilines is 1. The third kappa shape index (κ3) is 4.57.